The predicted octanol–water partition coefficient (Wildman–Crippen LogP) is 3.84. The molecule has 2 aromatic rings. The van der Waals surface area contributed by atoms with Crippen molar-refractivity contribution in [2.45, 2.75) is 19.6 Å². The fourth-order valence-electron chi connectivity index (χ4n) is 1.95. The molecule has 0 fully saturated rings. The van der Waals surface area contributed by atoms with Crippen LogP contribution in [0.1, 0.15) is 11.8 Å². The quantitative estimate of drug-likeness (QED) is 0.882. The van der Waals surface area contributed by atoms with E-state index in [-0.39, 0.29) is 5.91 Å². The minimum absolute atomic E-state index is 0.115. The number of fused-ring (bicyclic) bond motifs is 1. The Bertz CT molecular complexity index is 656. The van der Waals surface area contributed by atoms with E-state index < -0.39 is 6.10 Å². The molecule has 1 aliphatic heterocycles. The maximum atomic E-state index is 11.6. The molecule has 0 bridgehead atoms. The van der Waals surface area contributed by atoms with Crippen LogP contribution in [0, 0.1) is 0 Å². The number of hydrogen-bond donors (Lipinski definition) is 2. The second-order valence-electron chi connectivity index (χ2n) is 4.51. The summed E-state index contributed by atoms with van der Waals surface area (Å²) < 4.78 is 6.63. The largest absolute Gasteiger partial charge is 0.479 e. The van der Waals surface area contributed by atoms with Crippen LogP contribution in [-0.4, -0.2) is 12.0 Å². The number of carbonyl (C=O) groups is 1. The van der Waals surface area contributed by atoms with Gasteiger partial charge in [-0.3, -0.25) is 4.79 Å². The van der Waals surface area contributed by atoms with Crippen LogP contribution >= 0.6 is 27.3 Å². The first-order chi connectivity index (χ1) is 9.63. The van der Waals surface area contributed by atoms with Gasteiger partial charge in [-0.05, 0) is 52.5 Å². The van der Waals surface area contributed by atoms with Crippen molar-refractivity contribution in [2.75, 3.05) is 10.6 Å². The van der Waals surface area contributed by atoms with Crippen LogP contribution in [0.3, 0.4) is 0 Å². The number of nitrogens with one attached hydrogen (secondary N) is 2. The Kier molecular flexibility index (Phi) is 3.67. The molecule has 104 valence electrons. The van der Waals surface area contributed by atoms with Gasteiger partial charge in [0.05, 0.1) is 12.2 Å². The molecule has 1 aromatic carbocycles. The Hall–Kier alpha value is -1.53. The summed E-state index contributed by atoms with van der Waals surface area (Å²) in [6, 6.07) is 7.74. The summed E-state index contributed by atoms with van der Waals surface area (Å²) in [7, 11) is 0. The predicted molar refractivity (Wildman–Crippen MR) is 84.5 cm³/mol. The molecule has 1 aromatic heterocycles. The molecule has 0 saturated heterocycles. The molecule has 3 rings (SSSR count). The molecule has 2 heterocycles. The highest BCUT2D eigenvalue weighted by atomic mass is 79.9. The van der Waals surface area contributed by atoms with Crippen molar-refractivity contribution in [1.82, 2.24) is 0 Å². The van der Waals surface area contributed by atoms with Crippen LogP contribution in [-0.2, 0) is 11.3 Å². The number of anilines is 2. The zero-order chi connectivity index (χ0) is 14.1. The lowest BCUT2D eigenvalue weighted by Crippen LogP contribution is -2.34. The Balaban J connectivity index is 1.74. The van der Waals surface area contributed by atoms with E-state index in [1.54, 1.807) is 18.3 Å². The van der Waals surface area contributed by atoms with Gasteiger partial charge in [-0.15, -0.1) is 11.3 Å². The van der Waals surface area contributed by atoms with E-state index in [2.05, 4.69) is 26.6 Å². The Morgan fingerprint density at radius 2 is 2.30 bits per heavy atom. The number of amides is 1. The van der Waals surface area contributed by atoms with Gasteiger partial charge in [0.25, 0.3) is 5.91 Å². The van der Waals surface area contributed by atoms with Gasteiger partial charge in [0, 0.05) is 15.0 Å². The van der Waals surface area contributed by atoms with E-state index >= 15 is 0 Å². The molecule has 1 amide bonds. The lowest BCUT2D eigenvalue weighted by molar-refractivity contribution is -0.122. The topological polar surface area (TPSA) is 50.4 Å². The molecular weight excluding hydrogens is 340 g/mol. The van der Waals surface area contributed by atoms with Crippen molar-refractivity contribution >= 4 is 44.5 Å². The molecule has 6 heteroatoms. The van der Waals surface area contributed by atoms with E-state index in [4.69, 9.17) is 4.74 Å². The molecule has 20 heavy (non-hydrogen) atoms. The lowest BCUT2D eigenvalue weighted by Gasteiger charge is -2.23. The standard InChI is InChI=1S/C14H13BrN2O2S/c1-8-14(18)17-11-6-9(2-3-12(11)19-8)16-7-13-10(15)4-5-20-13/h2-6,8,16H,7H2,1H3,(H,17,18). The smallest absolute Gasteiger partial charge is 0.265 e. The van der Waals surface area contributed by atoms with Gasteiger partial charge in [0.1, 0.15) is 5.75 Å². The minimum atomic E-state index is -0.441. The van der Waals surface area contributed by atoms with Crippen LogP contribution < -0.4 is 15.4 Å². The first-order valence-corrected chi connectivity index (χ1v) is 7.88. The van der Waals surface area contributed by atoms with Crippen molar-refractivity contribution in [3.05, 3.63) is 39.0 Å². The van der Waals surface area contributed by atoms with Crippen LogP contribution in [0.25, 0.3) is 0 Å². The summed E-state index contributed by atoms with van der Waals surface area (Å²) in [5.41, 5.74) is 1.66. The average molecular weight is 353 g/mol. The third-order valence-corrected chi connectivity index (χ3v) is 4.98. The van der Waals surface area contributed by atoms with Crippen molar-refractivity contribution in [3.63, 3.8) is 0 Å². The molecule has 1 unspecified atom stereocenters. The first kappa shape index (κ1) is 13.5. The SMILES string of the molecule is CC1Oc2ccc(NCc3sccc3Br)cc2NC1=O. The molecule has 0 radical (unpaired) electrons. The van der Waals surface area contributed by atoms with E-state index in [9.17, 15) is 4.79 Å². The zero-order valence-electron chi connectivity index (χ0n) is 10.8. The lowest BCUT2D eigenvalue weighted by atomic mass is 10.2. The van der Waals surface area contributed by atoms with Gasteiger partial charge in [-0.25, -0.2) is 0 Å². The maximum Gasteiger partial charge on any atom is 0.265 e. The molecule has 1 aliphatic rings. The van der Waals surface area contributed by atoms with Crippen molar-refractivity contribution in [1.29, 1.82) is 0 Å². The molecular formula is C14H13BrN2O2S. The highest BCUT2D eigenvalue weighted by molar-refractivity contribution is 9.10. The van der Waals surface area contributed by atoms with Crippen molar-refractivity contribution in [3.8, 4) is 5.75 Å². The van der Waals surface area contributed by atoms with Crippen LogP contribution in [0.4, 0.5) is 11.4 Å². The van der Waals surface area contributed by atoms with Crippen LogP contribution in [0.5, 0.6) is 5.75 Å². The summed E-state index contributed by atoms with van der Waals surface area (Å²) in [4.78, 5) is 12.8. The summed E-state index contributed by atoms with van der Waals surface area (Å²) in [6.07, 6.45) is -0.441. The van der Waals surface area contributed by atoms with Gasteiger partial charge >= 0.3 is 0 Å². The van der Waals surface area contributed by atoms with E-state index in [0.29, 0.717) is 11.4 Å². The highest BCUT2D eigenvalue weighted by Crippen LogP contribution is 2.32. The zero-order valence-corrected chi connectivity index (χ0v) is 13.2. The van der Waals surface area contributed by atoms with Gasteiger partial charge in [0.15, 0.2) is 6.10 Å². The van der Waals surface area contributed by atoms with E-state index in [0.717, 1.165) is 16.7 Å². The van der Waals surface area contributed by atoms with Crippen molar-refractivity contribution < 1.29 is 9.53 Å². The van der Waals surface area contributed by atoms with E-state index in [1.165, 1.54) is 4.88 Å². The fraction of sp³-hybridized carbons (Fsp3) is 0.214. The van der Waals surface area contributed by atoms with Gasteiger partial charge in [-0.1, -0.05) is 0 Å². The van der Waals surface area contributed by atoms with Crippen LogP contribution in [0.15, 0.2) is 34.1 Å². The maximum absolute atomic E-state index is 11.6. The summed E-state index contributed by atoms with van der Waals surface area (Å²) >= 11 is 5.20. The molecule has 0 saturated carbocycles. The fourth-order valence-corrected chi connectivity index (χ4v) is 3.38. The van der Waals surface area contributed by atoms with Gasteiger partial charge in [0.2, 0.25) is 0 Å². The Morgan fingerprint density at radius 1 is 1.45 bits per heavy atom. The monoisotopic (exact) mass is 352 g/mol. The molecule has 4 nitrogen and oxygen atoms in total. The van der Waals surface area contributed by atoms with Gasteiger partial charge < -0.3 is 15.4 Å². The van der Waals surface area contributed by atoms with Crippen molar-refractivity contribution in [2.24, 2.45) is 0 Å². The summed E-state index contributed by atoms with van der Waals surface area (Å²) in [6.45, 7) is 2.47. The molecule has 0 aliphatic carbocycles. The number of ether oxygens (including phenoxy) is 1. The number of rotatable bonds is 3. The Labute approximate surface area is 129 Å². The molecule has 1 atom stereocenters. The number of halogens is 1. The van der Waals surface area contributed by atoms with E-state index in [1.807, 2.05) is 29.6 Å². The Morgan fingerprint density at radius 3 is 3.05 bits per heavy atom. The van der Waals surface area contributed by atoms with Crippen LogP contribution in [0.2, 0.25) is 0 Å². The number of thiophene rings is 1. The molecule has 2 N–H and O–H groups in total. The number of benzene rings is 1. The second kappa shape index (κ2) is 5.46. The molecule has 0 spiro atoms. The highest BCUT2D eigenvalue weighted by Gasteiger charge is 2.23. The third-order valence-electron chi connectivity index (χ3n) is 3.05. The van der Waals surface area contributed by atoms with Gasteiger partial charge in [-0.2, -0.15) is 0 Å². The first-order valence-electron chi connectivity index (χ1n) is 6.21. The minimum Gasteiger partial charge on any atom is -0.479 e. The summed E-state index contributed by atoms with van der Waals surface area (Å²) in [5, 5.41) is 8.23. The number of carbonyl (C=O) groups excluding carboxylic acids is 1. The second-order valence-corrected chi connectivity index (χ2v) is 6.36. The summed E-state index contributed by atoms with van der Waals surface area (Å²) in [5.74, 6) is 0.593. The third kappa shape index (κ3) is 2.66. The normalized spacial score (nSPS) is 17.1. The number of hydrogen-bond acceptors (Lipinski definition) is 4. The average Bonchev–Trinajstić information content (AvgIpc) is 2.83.